The van der Waals surface area contributed by atoms with E-state index in [9.17, 15) is 0 Å². The molecule has 2 aromatic rings. The smallest absolute Gasteiger partial charge is 0.159 e. The lowest BCUT2D eigenvalue weighted by Gasteiger charge is -2.15. The second-order valence-corrected chi connectivity index (χ2v) is 7.59. The highest BCUT2D eigenvalue weighted by Crippen LogP contribution is 2.30. The third kappa shape index (κ3) is 2.81. The van der Waals surface area contributed by atoms with Crippen molar-refractivity contribution in [2.24, 2.45) is 5.92 Å². The van der Waals surface area contributed by atoms with Gasteiger partial charge in [0.25, 0.3) is 0 Å². The molecule has 2 aliphatic rings. The molecule has 0 spiro atoms. The summed E-state index contributed by atoms with van der Waals surface area (Å²) < 4.78 is 2.39. The predicted molar refractivity (Wildman–Crippen MR) is 87.7 cm³/mol. The maximum Gasteiger partial charge on any atom is 0.159 e. The van der Waals surface area contributed by atoms with Crippen LogP contribution in [0.25, 0.3) is 11.2 Å². The summed E-state index contributed by atoms with van der Waals surface area (Å²) >= 11 is 2.11. The number of fused-ring (bicyclic) bond motifs is 1. The molecule has 112 valence electrons. The van der Waals surface area contributed by atoms with Crippen molar-refractivity contribution in [1.82, 2.24) is 19.9 Å². The van der Waals surface area contributed by atoms with Gasteiger partial charge in [0.15, 0.2) is 5.65 Å². The Labute approximate surface area is 129 Å². The van der Waals surface area contributed by atoms with Crippen molar-refractivity contribution in [3.63, 3.8) is 0 Å². The number of imidazole rings is 1. The highest BCUT2D eigenvalue weighted by atomic mass is 32.2. The van der Waals surface area contributed by atoms with Gasteiger partial charge in [-0.3, -0.25) is 0 Å². The molecule has 4 rings (SSSR count). The van der Waals surface area contributed by atoms with E-state index in [4.69, 9.17) is 4.98 Å². The highest BCUT2D eigenvalue weighted by Gasteiger charge is 2.23. The maximum atomic E-state index is 4.88. The third-order valence-electron chi connectivity index (χ3n) is 4.62. The fourth-order valence-electron chi connectivity index (χ4n) is 3.49. The third-order valence-corrected chi connectivity index (χ3v) is 6.02. The Morgan fingerprint density at radius 3 is 3.19 bits per heavy atom. The maximum absolute atomic E-state index is 4.88. The second-order valence-electron chi connectivity index (χ2n) is 6.18. The van der Waals surface area contributed by atoms with Crippen LogP contribution in [0.2, 0.25) is 0 Å². The molecule has 2 fully saturated rings. The van der Waals surface area contributed by atoms with Crippen LogP contribution in [0, 0.1) is 5.92 Å². The molecule has 0 amide bonds. The molecule has 4 nitrogen and oxygen atoms in total. The number of pyridine rings is 1. The number of nitrogens with one attached hydrogen (secondary N) is 1. The molecular formula is C16H22N4S. The van der Waals surface area contributed by atoms with Gasteiger partial charge in [-0.05, 0) is 56.2 Å². The van der Waals surface area contributed by atoms with Crippen molar-refractivity contribution >= 4 is 22.9 Å². The van der Waals surface area contributed by atoms with Gasteiger partial charge in [0, 0.05) is 24.4 Å². The van der Waals surface area contributed by atoms with E-state index in [1.165, 1.54) is 30.8 Å². The van der Waals surface area contributed by atoms with Crippen LogP contribution in [0.5, 0.6) is 0 Å². The minimum absolute atomic E-state index is 0.722. The van der Waals surface area contributed by atoms with E-state index in [1.807, 2.05) is 12.3 Å². The zero-order chi connectivity index (χ0) is 14.1. The summed E-state index contributed by atoms with van der Waals surface area (Å²) in [6.07, 6.45) is 6.96. The molecule has 4 heterocycles. The number of hydrogen-bond donors (Lipinski definition) is 1. The van der Waals surface area contributed by atoms with Gasteiger partial charge in [0.2, 0.25) is 0 Å². The Kier molecular flexibility index (Phi) is 3.86. The van der Waals surface area contributed by atoms with Crippen LogP contribution in [0.4, 0.5) is 0 Å². The Morgan fingerprint density at radius 1 is 1.38 bits per heavy atom. The molecule has 2 aliphatic heterocycles. The van der Waals surface area contributed by atoms with E-state index in [1.54, 1.807) is 0 Å². The van der Waals surface area contributed by atoms with Crippen LogP contribution < -0.4 is 5.32 Å². The molecule has 0 aliphatic carbocycles. The molecular weight excluding hydrogens is 280 g/mol. The Morgan fingerprint density at radius 2 is 2.38 bits per heavy atom. The van der Waals surface area contributed by atoms with Crippen LogP contribution in [0.3, 0.4) is 0 Å². The number of hydrogen-bond acceptors (Lipinski definition) is 4. The lowest BCUT2D eigenvalue weighted by molar-refractivity contribution is 0.474. The largest absolute Gasteiger partial charge is 0.316 e. The molecule has 2 saturated heterocycles. The van der Waals surface area contributed by atoms with Crippen LogP contribution in [-0.2, 0) is 13.0 Å². The average Bonchev–Trinajstić information content (AvgIpc) is 3.23. The summed E-state index contributed by atoms with van der Waals surface area (Å²) in [6.45, 7) is 3.34. The van der Waals surface area contributed by atoms with Crippen LogP contribution >= 0.6 is 11.8 Å². The second kappa shape index (κ2) is 5.97. The van der Waals surface area contributed by atoms with Gasteiger partial charge < -0.3 is 9.88 Å². The Balaban J connectivity index is 1.65. The van der Waals surface area contributed by atoms with E-state index in [-0.39, 0.29) is 0 Å². The van der Waals surface area contributed by atoms with E-state index in [0.29, 0.717) is 0 Å². The summed E-state index contributed by atoms with van der Waals surface area (Å²) in [5.74, 6) is 3.28. The van der Waals surface area contributed by atoms with Crippen molar-refractivity contribution in [3.05, 3.63) is 24.2 Å². The summed E-state index contributed by atoms with van der Waals surface area (Å²) in [5, 5.41) is 4.22. The number of rotatable bonds is 4. The minimum atomic E-state index is 0.722. The van der Waals surface area contributed by atoms with Crippen molar-refractivity contribution < 1.29 is 0 Å². The molecule has 5 heteroatoms. The molecule has 0 saturated carbocycles. The van der Waals surface area contributed by atoms with Crippen molar-refractivity contribution in [3.8, 4) is 0 Å². The molecule has 2 atom stereocenters. The molecule has 1 N–H and O–H groups in total. The summed E-state index contributed by atoms with van der Waals surface area (Å²) in [5.41, 5.74) is 2.13. The van der Waals surface area contributed by atoms with Crippen molar-refractivity contribution in [2.75, 3.05) is 18.8 Å². The number of thioether (sulfide) groups is 1. The van der Waals surface area contributed by atoms with Gasteiger partial charge in [-0.25, -0.2) is 9.97 Å². The Bertz CT molecular complexity index is 612. The fourth-order valence-corrected chi connectivity index (χ4v) is 4.76. The quantitative estimate of drug-likeness (QED) is 0.942. The topological polar surface area (TPSA) is 42.7 Å². The number of nitrogens with zero attached hydrogens (tertiary/aromatic N) is 3. The lowest BCUT2D eigenvalue weighted by Crippen LogP contribution is -2.18. The zero-order valence-corrected chi connectivity index (χ0v) is 13.1. The summed E-state index contributed by atoms with van der Waals surface area (Å²) in [7, 11) is 0. The normalized spacial score (nSPS) is 25.9. The standard InChI is InChI=1S/C16H22N4S/c1-4-14-16(18-6-1)20(11-12-5-7-17-10-12)15(19-14)9-13-3-2-8-21-13/h1,4,6,12-13,17H,2-3,5,7-11H2. The van der Waals surface area contributed by atoms with Gasteiger partial charge in [-0.1, -0.05) is 0 Å². The Hall–Kier alpha value is -1.07. The van der Waals surface area contributed by atoms with Crippen LogP contribution in [0.1, 0.15) is 25.1 Å². The first-order chi connectivity index (χ1) is 10.4. The van der Waals surface area contributed by atoms with E-state index in [2.05, 4.69) is 32.7 Å². The first-order valence-electron chi connectivity index (χ1n) is 8.02. The van der Waals surface area contributed by atoms with Crippen molar-refractivity contribution in [2.45, 2.75) is 37.5 Å². The predicted octanol–water partition coefficient (Wildman–Crippen LogP) is 2.48. The molecule has 21 heavy (non-hydrogen) atoms. The fraction of sp³-hybridized carbons (Fsp3) is 0.625. The van der Waals surface area contributed by atoms with Crippen LogP contribution in [0.15, 0.2) is 18.3 Å². The van der Waals surface area contributed by atoms with Gasteiger partial charge in [0.1, 0.15) is 11.3 Å². The summed E-state index contributed by atoms with van der Waals surface area (Å²) in [6, 6.07) is 4.09. The monoisotopic (exact) mass is 302 g/mol. The van der Waals surface area contributed by atoms with Crippen molar-refractivity contribution in [1.29, 1.82) is 0 Å². The first kappa shape index (κ1) is 13.6. The molecule has 0 radical (unpaired) electrons. The first-order valence-corrected chi connectivity index (χ1v) is 9.07. The van der Waals surface area contributed by atoms with Gasteiger partial charge in [0.05, 0.1) is 0 Å². The van der Waals surface area contributed by atoms with E-state index in [0.717, 1.165) is 48.4 Å². The summed E-state index contributed by atoms with van der Waals surface area (Å²) in [4.78, 5) is 9.48. The zero-order valence-electron chi connectivity index (χ0n) is 12.3. The molecule has 2 unspecified atom stereocenters. The molecule has 0 bridgehead atoms. The van der Waals surface area contributed by atoms with Gasteiger partial charge >= 0.3 is 0 Å². The van der Waals surface area contributed by atoms with Gasteiger partial charge in [-0.15, -0.1) is 0 Å². The number of aromatic nitrogens is 3. The average molecular weight is 302 g/mol. The SMILES string of the molecule is c1cnc2c(c1)nc(CC1CCCS1)n2CC1CCNC1. The molecule has 0 aromatic carbocycles. The highest BCUT2D eigenvalue weighted by molar-refractivity contribution is 8.00. The van der Waals surface area contributed by atoms with Gasteiger partial charge in [-0.2, -0.15) is 11.8 Å². The lowest BCUT2D eigenvalue weighted by atomic mass is 10.1. The van der Waals surface area contributed by atoms with E-state index >= 15 is 0 Å². The molecule has 2 aromatic heterocycles. The van der Waals surface area contributed by atoms with E-state index < -0.39 is 0 Å². The van der Waals surface area contributed by atoms with Crippen LogP contribution in [-0.4, -0.2) is 38.6 Å². The minimum Gasteiger partial charge on any atom is -0.316 e.